The zero-order valence-electron chi connectivity index (χ0n) is 27.6. The number of aliphatic hydroxyl groups excluding tert-OH is 2. The lowest BCUT2D eigenvalue weighted by Gasteiger charge is -2.29. The summed E-state index contributed by atoms with van der Waals surface area (Å²) >= 11 is 0. The molecule has 0 bridgehead atoms. The first-order valence-electron chi connectivity index (χ1n) is 16.0. The average molecular weight is 646 g/mol. The molecule has 0 saturated carbocycles. The standard InChI is InChI=1S/C36H47N5O6/c1-24(43)21-39-36(2,3)20-33(44)40-31-15-13-27-19-29(47-4)14-16-32(27)41(34(31)45)23-25-9-11-26(12-10-25)30-8-6-5-7-28(30)22-38-35(46)37-17-18-42/h5-12,14,16,19,24,31,39,42-43H,13,15,17-18,20-23H2,1-4H3,(H,40,44)(H2,37,38,46)/t24-,31-/m1/s1. The molecule has 1 aliphatic heterocycles. The molecule has 11 nitrogen and oxygen atoms in total. The summed E-state index contributed by atoms with van der Waals surface area (Å²) in [6.07, 6.45) is 0.646. The maximum absolute atomic E-state index is 14.1. The van der Waals surface area contributed by atoms with Crippen LogP contribution >= 0.6 is 0 Å². The zero-order chi connectivity index (χ0) is 34.0. The predicted octanol–water partition coefficient (Wildman–Crippen LogP) is 3.26. The third-order valence-corrected chi connectivity index (χ3v) is 8.12. The number of fused-ring (bicyclic) bond motifs is 1. The molecule has 0 saturated heterocycles. The number of ether oxygens (including phenoxy) is 1. The molecule has 3 aromatic carbocycles. The van der Waals surface area contributed by atoms with Gasteiger partial charge in [0.15, 0.2) is 0 Å². The Morgan fingerprint density at radius 3 is 2.51 bits per heavy atom. The van der Waals surface area contributed by atoms with Crippen molar-refractivity contribution < 1.29 is 29.3 Å². The van der Waals surface area contributed by atoms with E-state index >= 15 is 0 Å². The van der Waals surface area contributed by atoms with Crippen LogP contribution in [0, 0.1) is 0 Å². The highest BCUT2D eigenvalue weighted by Gasteiger charge is 2.33. The molecule has 252 valence electrons. The van der Waals surface area contributed by atoms with Gasteiger partial charge in [0.25, 0.3) is 0 Å². The lowest BCUT2D eigenvalue weighted by Crippen LogP contribution is -2.51. The van der Waals surface area contributed by atoms with E-state index in [-0.39, 0.29) is 37.4 Å². The van der Waals surface area contributed by atoms with Crippen molar-refractivity contribution in [1.29, 1.82) is 0 Å². The number of amides is 4. The van der Waals surface area contributed by atoms with Crippen LogP contribution in [0.4, 0.5) is 10.5 Å². The Morgan fingerprint density at radius 1 is 1.06 bits per heavy atom. The second-order valence-corrected chi connectivity index (χ2v) is 12.6. The fourth-order valence-electron chi connectivity index (χ4n) is 5.65. The minimum Gasteiger partial charge on any atom is -0.497 e. The summed E-state index contributed by atoms with van der Waals surface area (Å²) in [7, 11) is 1.61. The molecule has 0 aromatic heterocycles. The minimum atomic E-state index is -0.707. The molecule has 0 fully saturated rings. The van der Waals surface area contributed by atoms with Gasteiger partial charge in [0.05, 0.1) is 26.4 Å². The fraction of sp³-hybridized carbons (Fsp3) is 0.417. The number of carbonyl (C=O) groups excluding carboxylic acids is 3. The molecule has 2 atom stereocenters. The van der Waals surface area contributed by atoms with Gasteiger partial charge in [0, 0.05) is 37.3 Å². The van der Waals surface area contributed by atoms with Crippen molar-refractivity contribution in [3.05, 3.63) is 83.4 Å². The number of aryl methyl sites for hydroxylation is 1. The van der Waals surface area contributed by atoms with Crippen LogP contribution in [0.3, 0.4) is 0 Å². The van der Waals surface area contributed by atoms with Crippen LogP contribution in [0.25, 0.3) is 11.1 Å². The van der Waals surface area contributed by atoms with Crippen molar-refractivity contribution in [2.75, 3.05) is 31.7 Å². The van der Waals surface area contributed by atoms with E-state index in [2.05, 4.69) is 21.3 Å². The second kappa shape index (κ2) is 16.4. The Kier molecular flexibility index (Phi) is 12.4. The van der Waals surface area contributed by atoms with E-state index in [1.165, 1.54) is 0 Å². The van der Waals surface area contributed by atoms with E-state index in [0.717, 1.165) is 33.5 Å². The molecule has 0 unspecified atom stereocenters. The fourth-order valence-corrected chi connectivity index (χ4v) is 5.65. The minimum absolute atomic E-state index is 0.129. The Hall–Kier alpha value is -4.45. The lowest BCUT2D eigenvalue weighted by atomic mass is 9.98. The van der Waals surface area contributed by atoms with Gasteiger partial charge < -0.3 is 41.1 Å². The highest BCUT2D eigenvalue weighted by atomic mass is 16.5. The summed E-state index contributed by atoms with van der Waals surface area (Å²) in [6, 6.07) is 20.4. The summed E-state index contributed by atoms with van der Waals surface area (Å²) in [5.74, 6) is 0.281. The molecule has 6 N–H and O–H groups in total. The SMILES string of the molecule is COc1ccc2c(c1)CC[C@@H](NC(=O)CC(C)(C)NC[C@@H](C)O)C(=O)N2Cc1ccc(-c2ccccc2CNC(=O)NCCO)cc1. The van der Waals surface area contributed by atoms with E-state index in [1.54, 1.807) is 18.9 Å². The second-order valence-electron chi connectivity index (χ2n) is 12.6. The first kappa shape index (κ1) is 35.4. The molecule has 47 heavy (non-hydrogen) atoms. The van der Waals surface area contributed by atoms with Crippen molar-refractivity contribution >= 4 is 23.5 Å². The molecule has 0 radical (unpaired) electrons. The van der Waals surface area contributed by atoms with Crippen LogP contribution in [0.2, 0.25) is 0 Å². The van der Waals surface area contributed by atoms with Crippen LogP contribution in [-0.4, -0.2) is 72.5 Å². The lowest BCUT2D eigenvalue weighted by molar-refractivity contribution is -0.128. The third-order valence-electron chi connectivity index (χ3n) is 8.12. The average Bonchev–Trinajstić information content (AvgIpc) is 3.17. The summed E-state index contributed by atoms with van der Waals surface area (Å²) in [5.41, 5.74) is 4.98. The number of hydrogen-bond donors (Lipinski definition) is 6. The molecule has 1 heterocycles. The summed E-state index contributed by atoms with van der Waals surface area (Å²) in [6.45, 7) is 6.51. The molecular formula is C36H47N5O6. The number of rotatable bonds is 14. The number of anilines is 1. The van der Waals surface area contributed by atoms with Crippen molar-refractivity contribution in [3.8, 4) is 16.9 Å². The number of aliphatic hydroxyl groups is 2. The Labute approximate surface area is 276 Å². The number of hydrogen-bond acceptors (Lipinski definition) is 7. The maximum atomic E-state index is 14.1. The van der Waals surface area contributed by atoms with Crippen LogP contribution < -0.4 is 30.9 Å². The largest absolute Gasteiger partial charge is 0.497 e. The normalized spacial score (nSPS) is 15.3. The topological polar surface area (TPSA) is 152 Å². The van der Waals surface area contributed by atoms with Gasteiger partial charge in [0.1, 0.15) is 11.8 Å². The highest BCUT2D eigenvalue weighted by molar-refractivity contribution is 6.00. The number of benzene rings is 3. The Bertz CT molecular complexity index is 1520. The first-order chi connectivity index (χ1) is 22.5. The quantitative estimate of drug-likeness (QED) is 0.157. The van der Waals surface area contributed by atoms with Crippen molar-refractivity contribution in [2.24, 2.45) is 0 Å². The van der Waals surface area contributed by atoms with E-state index in [9.17, 15) is 19.5 Å². The van der Waals surface area contributed by atoms with Crippen LogP contribution in [0.15, 0.2) is 66.7 Å². The molecule has 0 spiro atoms. The van der Waals surface area contributed by atoms with Gasteiger partial charge in [-0.25, -0.2) is 4.79 Å². The van der Waals surface area contributed by atoms with Gasteiger partial charge in [-0.3, -0.25) is 9.59 Å². The number of nitrogens with one attached hydrogen (secondary N) is 4. The summed E-state index contributed by atoms with van der Waals surface area (Å²) in [5, 5.41) is 30.2. The van der Waals surface area contributed by atoms with Gasteiger partial charge in [-0.2, -0.15) is 0 Å². The summed E-state index contributed by atoms with van der Waals surface area (Å²) < 4.78 is 5.47. The van der Waals surface area contributed by atoms with E-state index in [1.807, 2.05) is 80.6 Å². The van der Waals surface area contributed by atoms with E-state index in [0.29, 0.717) is 38.2 Å². The van der Waals surface area contributed by atoms with Gasteiger partial charge in [-0.05, 0) is 79.6 Å². The van der Waals surface area contributed by atoms with Crippen LogP contribution in [0.1, 0.15) is 50.3 Å². The monoisotopic (exact) mass is 645 g/mol. The summed E-state index contributed by atoms with van der Waals surface area (Å²) in [4.78, 5) is 41.0. The van der Waals surface area contributed by atoms with E-state index < -0.39 is 17.7 Å². The number of carbonyl (C=O) groups is 3. The molecule has 1 aliphatic rings. The number of methoxy groups -OCH3 is 1. The van der Waals surface area contributed by atoms with Gasteiger partial charge in [-0.1, -0.05) is 48.5 Å². The highest BCUT2D eigenvalue weighted by Crippen LogP contribution is 2.32. The Balaban J connectivity index is 1.53. The molecule has 4 amide bonds. The van der Waals surface area contributed by atoms with Gasteiger partial charge in [0.2, 0.25) is 11.8 Å². The number of nitrogens with zero attached hydrogens (tertiary/aromatic N) is 1. The first-order valence-corrected chi connectivity index (χ1v) is 16.0. The van der Waals surface area contributed by atoms with Gasteiger partial charge in [-0.15, -0.1) is 0 Å². The molecule has 3 aromatic rings. The molecule has 4 rings (SSSR count). The van der Waals surface area contributed by atoms with E-state index in [4.69, 9.17) is 9.84 Å². The molecule has 0 aliphatic carbocycles. The molecular weight excluding hydrogens is 598 g/mol. The zero-order valence-corrected chi connectivity index (χ0v) is 27.6. The van der Waals surface area contributed by atoms with Crippen LogP contribution in [0.5, 0.6) is 5.75 Å². The van der Waals surface area contributed by atoms with Gasteiger partial charge >= 0.3 is 6.03 Å². The third kappa shape index (κ3) is 10.0. The van der Waals surface area contributed by atoms with Crippen molar-refractivity contribution in [3.63, 3.8) is 0 Å². The number of urea groups is 1. The van der Waals surface area contributed by atoms with Crippen molar-refractivity contribution in [2.45, 2.75) is 70.8 Å². The van der Waals surface area contributed by atoms with Crippen LogP contribution in [-0.2, 0) is 29.1 Å². The number of β-amino-alcohol motifs (C(OH)–C–C–N with tert-alkyl or cyclic N) is 1. The maximum Gasteiger partial charge on any atom is 0.315 e. The van der Waals surface area contributed by atoms with Crippen molar-refractivity contribution in [1.82, 2.24) is 21.3 Å². The molecule has 11 heteroatoms. The predicted molar refractivity (Wildman–Crippen MR) is 182 cm³/mol. The smallest absolute Gasteiger partial charge is 0.315 e. The Morgan fingerprint density at radius 2 is 1.81 bits per heavy atom.